The van der Waals surface area contributed by atoms with E-state index in [-0.39, 0.29) is 17.9 Å². The monoisotopic (exact) mass is 275 g/mol. The Morgan fingerprint density at radius 3 is 2.40 bits per heavy atom. The Hall–Kier alpha value is -1.84. The van der Waals surface area contributed by atoms with Gasteiger partial charge in [0.1, 0.15) is 5.60 Å². The zero-order valence-electron chi connectivity index (χ0n) is 12.4. The molecule has 0 radical (unpaired) electrons. The molecule has 0 unspecified atom stereocenters. The number of imide groups is 1. The predicted octanol–water partition coefficient (Wildman–Crippen LogP) is 3.53. The molecule has 1 aliphatic rings. The highest BCUT2D eigenvalue weighted by Crippen LogP contribution is 2.37. The second-order valence-electron chi connectivity index (χ2n) is 6.25. The highest BCUT2D eigenvalue weighted by atomic mass is 16.6. The van der Waals surface area contributed by atoms with Crippen LogP contribution in [0.1, 0.15) is 45.7 Å². The molecule has 0 bridgehead atoms. The van der Waals surface area contributed by atoms with Gasteiger partial charge in [-0.1, -0.05) is 37.3 Å². The number of rotatable bonds is 1. The quantitative estimate of drug-likeness (QED) is 0.787. The molecular weight excluding hydrogens is 254 g/mol. The minimum Gasteiger partial charge on any atom is -0.443 e. The summed E-state index contributed by atoms with van der Waals surface area (Å²) in [5.74, 6) is -0.319. The maximum Gasteiger partial charge on any atom is 0.417 e. The van der Waals surface area contributed by atoms with Crippen molar-refractivity contribution in [3.8, 4) is 0 Å². The molecule has 1 heterocycles. The second kappa shape index (κ2) is 5.27. The average Bonchev–Trinajstić information content (AvgIpc) is 2.65. The summed E-state index contributed by atoms with van der Waals surface area (Å²) < 4.78 is 5.36. The van der Waals surface area contributed by atoms with Crippen LogP contribution in [-0.2, 0) is 9.53 Å². The van der Waals surface area contributed by atoms with Crippen molar-refractivity contribution in [3.63, 3.8) is 0 Å². The fourth-order valence-electron chi connectivity index (χ4n) is 2.42. The molecular formula is C16H21NO3. The molecule has 4 heteroatoms. The van der Waals surface area contributed by atoms with Crippen molar-refractivity contribution in [1.29, 1.82) is 0 Å². The van der Waals surface area contributed by atoms with Gasteiger partial charge in [-0.2, -0.15) is 0 Å². The van der Waals surface area contributed by atoms with Gasteiger partial charge in [0.25, 0.3) is 0 Å². The van der Waals surface area contributed by atoms with E-state index in [2.05, 4.69) is 0 Å². The van der Waals surface area contributed by atoms with Gasteiger partial charge < -0.3 is 4.74 Å². The summed E-state index contributed by atoms with van der Waals surface area (Å²) in [6, 6.07) is 9.39. The minimum atomic E-state index is -0.607. The van der Waals surface area contributed by atoms with Crippen LogP contribution in [0.15, 0.2) is 30.3 Å². The Bertz CT molecular complexity index is 504. The van der Waals surface area contributed by atoms with E-state index in [0.717, 1.165) is 5.56 Å². The van der Waals surface area contributed by atoms with Gasteiger partial charge in [-0.25, -0.2) is 9.69 Å². The van der Waals surface area contributed by atoms with Crippen molar-refractivity contribution in [1.82, 2.24) is 4.90 Å². The zero-order chi connectivity index (χ0) is 14.9. The molecule has 0 aliphatic carbocycles. The van der Waals surface area contributed by atoms with E-state index >= 15 is 0 Å². The number of ether oxygens (including phenoxy) is 1. The molecule has 0 N–H and O–H groups in total. The maximum atomic E-state index is 12.3. The van der Waals surface area contributed by atoms with Crippen molar-refractivity contribution in [2.75, 3.05) is 0 Å². The van der Waals surface area contributed by atoms with E-state index in [1.807, 2.05) is 37.3 Å². The van der Waals surface area contributed by atoms with E-state index in [1.165, 1.54) is 4.90 Å². The predicted molar refractivity (Wildman–Crippen MR) is 76.0 cm³/mol. The molecule has 2 atom stereocenters. The number of benzene rings is 1. The van der Waals surface area contributed by atoms with Crippen LogP contribution in [0, 0.1) is 5.92 Å². The molecule has 0 aromatic heterocycles. The molecule has 0 saturated carbocycles. The maximum absolute atomic E-state index is 12.3. The first kappa shape index (κ1) is 14.6. The molecule has 1 fully saturated rings. The highest BCUT2D eigenvalue weighted by Gasteiger charge is 2.43. The lowest BCUT2D eigenvalue weighted by molar-refractivity contribution is -0.130. The fourth-order valence-corrected chi connectivity index (χ4v) is 2.42. The third-order valence-corrected chi connectivity index (χ3v) is 3.32. The van der Waals surface area contributed by atoms with Gasteiger partial charge in [-0.05, 0) is 32.8 Å². The van der Waals surface area contributed by atoms with Crippen molar-refractivity contribution in [2.24, 2.45) is 5.92 Å². The molecule has 2 rings (SSSR count). The van der Waals surface area contributed by atoms with Crippen LogP contribution in [0.25, 0.3) is 0 Å². The third kappa shape index (κ3) is 3.00. The van der Waals surface area contributed by atoms with Crippen LogP contribution < -0.4 is 0 Å². The summed E-state index contributed by atoms with van der Waals surface area (Å²) in [6.45, 7) is 7.24. The summed E-state index contributed by atoms with van der Waals surface area (Å²) in [6.07, 6.45) is 0.0861. The Morgan fingerprint density at radius 2 is 1.85 bits per heavy atom. The van der Waals surface area contributed by atoms with Crippen molar-refractivity contribution in [2.45, 2.75) is 45.8 Å². The first-order chi connectivity index (χ1) is 9.29. The molecule has 1 aromatic rings. The number of likely N-dealkylation sites (tertiary alicyclic amines) is 1. The van der Waals surface area contributed by atoms with E-state index in [1.54, 1.807) is 20.8 Å². The molecule has 0 spiro atoms. The smallest absolute Gasteiger partial charge is 0.417 e. The molecule has 20 heavy (non-hydrogen) atoms. The van der Waals surface area contributed by atoms with E-state index < -0.39 is 11.7 Å². The standard InChI is InChI=1S/C16H21NO3/c1-11-10-13(12-8-6-5-7-9-12)17(14(11)18)15(19)20-16(2,3)4/h5-9,11,13H,10H2,1-4H3/t11-,13-/m1/s1. The first-order valence-corrected chi connectivity index (χ1v) is 6.90. The Kier molecular flexibility index (Phi) is 3.84. The third-order valence-electron chi connectivity index (χ3n) is 3.32. The lowest BCUT2D eigenvalue weighted by Crippen LogP contribution is -2.39. The summed E-state index contributed by atoms with van der Waals surface area (Å²) in [5, 5.41) is 0. The molecule has 1 saturated heterocycles. The number of carbonyl (C=O) groups is 2. The summed E-state index contributed by atoms with van der Waals surface area (Å²) >= 11 is 0. The molecule has 1 aromatic carbocycles. The Balaban J connectivity index is 2.27. The van der Waals surface area contributed by atoms with Gasteiger partial charge >= 0.3 is 6.09 Å². The van der Waals surface area contributed by atoms with Crippen molar-refractivity contribution in [3.05, 3.63) is 35.9 Å². The fraction of sp³-hybridized carbons (Fsp3) is 0.500. The van der Waals surface area contributed by atoms with Gasteiger partial charge in [0.2, 0.25) is 5.91 Å². The first-order valence-electron chi connectivity index (χ1n) is 6.90. The number of carbonyl (C=O) groups excluding carboxylic acids is 2. The van der Waals surface area contributed by atoms with Crippen LogP contribution in [-0.4, -0.2) is 22.5 Å². The Morgan fingerprint density at radius 1 is 1.25 bits per heavy atom. The van der Waals surface area contributed by atoms with E-state index in [9.17, 15) is 9.59 Å². The molecule has 2 amide bonds. The van der Waals surface area contributed by atoms with E-state index in [4.69, 9.17) is 4.74 Å². The normalized spacial score (nSPS) is 23.0. The van der Waals surface area contributed by atoms with Crippen molar-refractivity contribution >= 4 is 12.0 Å². The Labute approximate surface area is 119 Å². The van der Waals surface area contributed by atoms with Crippen LogP contribution >= 0.6 is 0 Å². The topological polar surface area (TPSA) is 46.6 Å². The van der Waals surface area contributed by atoms with Gasteiger partial charge in [0.15, 0.2) is 0 Å². The average molecular weight is 275 g/mol. The van der Waals surface area contributed by atoms with Gasteiger partial charge in [-0.15, -0.1) is 0 Å². The number of nitrogens with zero attached hydrogens (tertiary/aromatic N) is 1. The van der Waals surface area contributed by atoms with Crippen LogP contribution in [0.4, 0.5) is 4.79 Å². The van der Waals surface area contributed by atoms with Crippen LogP contribution in [0.2, 0.25) is 0 Å². The molecule has 1 aliphatic heterocycles. The minimum absolute atomic E-state index is 0.159. The van der Waals surface area contributed by atoms with Crippen LogP contribution in [0.5, 0.6) is 0 Å². The lowest BCUT2D eigenvalue weighted by Gasteiger charge is -2.27. The summed E-state index contributed by atoms with van der Waals surface area (Å²) in [4.78, 5) is 25.8. The van der Waals surface area contributed by atoms with Gasteiger partial charge in [0.05, 0.1) is 6.04 Å². The van der Waals surface area contributed by atoms with Gasteiger partial charge in [-0.3, -0.25) is 4.79 Å². The molecule has 4 nitrogen and oxygen atoms in total. The van der Waals surface area contributed by atoms with Crippen molar-refractivity contribution < 1.29 is 14.3 Å². The number of amides is 2. The lowest BCUT2D eigenvalue weighted by atomic mass is 10.0. The molecule has 108 valence electrons. The summed E-state index contributed by atoms with van der Waals surface area (Å²) in [7, 11) is 0. The van der Waals surface area contributed by atoms with E-state index in [0.29, 0.717) is 6.42 Å². The zero-order valence-corrected chi connectivity index (χ0v) is 12.4. The van der Waals surface area contributed by atoms with Crippen LogP contribution in [0.3, 0.4) is 0 Å². The largest absolute Gasteiger partial charge is 0.443 e. The number of hydrogen-bond donors (Lipinski definition) is 0. The SMILES string of the molecule is C[C@@H]1C[C@H](c2ccccc2)N(C(=O)OC(C)(C)C)C1=O. The summed E-state index contributed by atoms with van der Waals surface area (Å²) in [5.41, 5.74) is 0.362. The highest BCUT2D eigenvalue weighted by molar-refractivity contribution is 5.95. The van der Waals surface area contributed by atoms with Gasteiger partial charge in [0, 0.05) is 5.92 Å². The number of hydrogen-bond acceptors (Lipinski definition) is 3. The second-order valence-corrected chi connectivity index (χ2v) is 6.25.